The average molecular weight is 336 g/mol. The molecule has 1 unspecified atom stereocenters. The van der Waals surface area contributed by atoms with Gasteiger partial charge in [0.25, 0.3) is 5.91 Å². The van der Waals surface area contributed by atoms with Crippen LogP contribution in [0.4, 0.5) is 5.95 Å². The van der Waals surface area contributed by atoms with Crippen LogP contribution >= 0.6 is 0 Å². The summed E-state index contributed by atoms with van der Waals surface area (Å²) in [6, 6.07) is 9.99. The molecule has 1 aliphatic carbocycles. The number of carbonyl (C=O) groups is 1. The lowest BCUT2D eigenvalue weighted by atomic mass is 9.88. The summed E-state index contributed by atoms with van der Waals surface area (Å²) in [6.45, 7) is 2.81. The molecule has 7 heteroatoms. The number of nitrogens with one attached hydrogen (secondary N) is 2. The first-order valence-electron chi connectivity index (χ1n) is 8.50. The molecule has 0 spiro atoms. The zero-order valence-electron chi connectivity index (χ0n) is 14.1. The lowest BCUT2D eigenvalue weighted by molar-refractivity contribution is 0.102. The van der Waals surface area contributed by atoms with Gasteiger partial charge < -0.3 is 0 Å². The predicted molar refractivity (Wildman–Crippen MR) is 93.3 cm³/mol. The molecule has 0 bridgehead atoms. The SMILES string of the molecule is CC1CCc2[nH]nc(C(=O)Nc3ncn(Cc4ccccc4)n3)c2C1. The Bertz CT molecular complexity index is 882. The van der Waals surface area contributed by atoms with Crippen LogP contribution in [0, 0.1) is 5.92 Å². The van der Waals surface area contributed by atoms with Crippen molar-refractivity contribution in [3.05, 3.63) is 59.2 Å². The third kappa shape index (κ3) is 3.31. The van der Waals surface area contributed by atoms with Crippen molar-refractivity contribution in [2.45, 2.75) is 32.7 Å². The van der Waals surface area contributed by atoms with Gasteiger partial charge in [-0.05, 0) is 30.7 Å². The smallest absolute Gasteiger partial charge is 0.278 e. The van der Waals surface area contributed by atoms with Gasteiger partial charge in [0.1, 0.15) is 6.33 Å². The number of aromatic nitrogens is 5. The number of amides is 1. The van der Waals surface area contributed by atoms with Gasteiger partial charge in [0.2, 0.25) is 5.95 Å². The molecular weight excluding hydrogens is 316 g/mol. The molecule has 1 aliphatic rings. The number of rotatable bonds is 4. The molecule has 1 atom stereocenters. The van der Waals surface area contributed by atoms with Crippen LogP contribution in [0.15, 0.2) is 36.7 Å². The van der Waals surface area contributed by atoms with Gasteiger partial charge in [-0.3, -0.25) is 15.2 Å². The molecule has 128 valence electrons. The highest BCUT2D eigenvalue weighted by Gasteiger charge is 2.25. The van der Waals surface area contributed by atoms with E-state index >= 15 is 0 Å². The van der Waals surface area contributed by atoms with E-state index in [1.165, 1.54) is 0 Å². The van der Waals surface area contributed by atoms with Gasteiger partial charge in [0.05, 0.1) is 6.54 Å². The summed E-state index contributed by atoms with van der Waals surface area (Å²) in [6.07, 6.45) is 4.57. The minimum atomic E-state index is -0.260. The summed E-state index contributed by atoms with van der Waals surface area (Å²) in [5, 5.41) is 14.3. The standard InChI is InChI=1S/C18H20N6O/c1-12-7-8-15-14(9-12)16(22-21-15)17(25)20-18-19-11-24(23-18)10-13-5-3-2-4-6-13/h2-6,11-12H,7-10H2,1H3,(H,21,22)(H,20,23,25). The van der Waals surface area contributed by atoms with Gasteiger partial charge in [0, 0.05) is 11.3 Å². The maximum Gasteiger partial charge on any atom is 0.278 e. The average Bonchev–Trinajstić information content (AvgIpc) is 3.22. The molecule has 0 saturated heterocycles. The second kappa shape index (κ2) is 6.51. The largest absolute Gasteiger partial charge is 0.288 e. The topological polar surface area (TPSA) is 88.5 Å². The molecule has 0 fully saturated rings. The van der Waals surface area contributed by atoms with Gasteiger partial charge in [-0.2, -0.15) is 5.10 Å². The lowest BCUT2D eigenvalue weighted by Crippen LogP contribution is -2.18. The number of aryl methyl sites for hydroxylation is 1. The van der Waals surface area contributed by atoms with Gasteiger partial charge in [-0.1, -0.05) is 37.3 Å². The first kappa shape index (κ1) is 15.6. The number of carbonyl (C=O) groups excluding carboxylic acids is 1. The lowest BCUT2D eigenvalue weighted by Gasteiger charge is -2.17. The summed E-state index contributed by atoms with van der Waals surface area (Å²) >= 11 is 0. The molecule has 0 radical (unpaired) electrons. The van der Waals surface area contributed by atoms with E-state index in [9.17, 15) is 4.79 Å². The van der Waals surface area contributed by atoms with Crippen LogP contribution in [0.3, 0.4) is 0 Å². The van der Waals surface area contributed by atoms with Crippen LogP contribution in [0.1, 0.15) is 40.7 Å². The summed E-state index contributed by atoms with van der Waals surface area (Å²) < 4.78 is 1.70. The van der Waals surface area contributed by atoms with Crippen LogP contribution in [0.5, 0.6) is 0 Å². The highest BCUT2D eigenvalue weighted by Crippen LogP contribution is 2.26. The van der Waals surface area contributed by atoms with E-state index in [1.54, 1.807) is 11.0 Å². The van der Waals surface area contributed by atoms with Crippen molar-refractivity contribution in [3.8, 4) is 0 Å². The number of anilines is 1. The van der Waals surface area contributed by atoms with Gasteiger partial charge >= 0.3 is 0 Å². The van der Waals surface area contributed by atoms with E-state index in [0.717, 1.165) is 36.1 Å². The van der Waals surface area contributed by atoms with E-state index in [2.05, 4.69) is 32.5 Å². The predicted octanol–water partition coefficient (Wildman–Crippen LogP) is 2.43. The molecule has 4 rings (SSSR count). The van der Waals surface area contributed by atoms with Crippen LogP contribution in [-0.2, 0) is 19.4 Å². The first-order valence-corrected chi connectivity index (χ1v) is 8.50. The second-order valence-corrected chi connectivity index (χ2v) is 6.58. The fraction of sp³-hybridized carbons (Fsp3) is 0.333. The zero-order chi connectivity index (χ0) is 17.2. The van der Waals surface area contributed by atoms with Crippen LogP contribution in [0.25, 0.3) is 0 Å². The van der Waals surface area contributed by atoms with Crippen molar-refractivity contribution in [2.75, 3.05) is 5.32 Å². The van der Waals surface area contributed by atoms with Gasteiger partial charge in [0.15, 0.2) is 5.69 Å². The Morgan fingerprint density at radius 2 is 2.20 bits per heavy atom. The summed E-state index contributed by atoms with van der Waals surface area (Å²) in [5.74, 6) is 0.602. The van der Waals surface area contributed by atoms with Gasteiger partial charge in [-0.25, -0.2) is 9.67 Å². The third-order valence-corrected chi connectivity index (χ3v) is 4.56. The monoisotopic (exact) mass is 336 g/mol. The molecule has 1 amide bonds. The second-order valence-electron chi connectivity index (χ2n) is 6.58. The van der Waals surface area contributed by atoms with E-state index in [0.29, 0.717) is 24.1 Å². The fourth-order valence-corrected chi connectivity index (χ4v) is 3.22. The minimum absolute atomic E-state index is 0.260. The number of fused-ring (bicyclic) bond motifs is 1. The third-order valence-electron chi connectivity index (χ3n) is 4.56. The Hall–Kier alpha value is -2.96. The summed E-state index contributed by atoms with van der Waals surface area (Å²) in [4.78, 5) is 16.7. The number of aromatic amines is 1. The highest BCUT2D eigenvalue weighted by atomic mass is 16.2. The van der Waals surface area contributed by atoms with Crippen molar-refractivity contribution in [1.82, 2.24) is 25.0 Å². The molecule has 7 nitrogen and oxygen atoms in total. The molecule has 3 aromatic rings. The van der Waals surface area contributed by atoms with Crippen LogP contribution in [0.2, 0.25) is 0 Å². The van der Waals surface area contributed by atoms with E-state index in [4.69, 9.17) is 0 Å². The number of H-pyrrole nitrogens is 1. The number of nitrogens with zero attached hydrogens (tertiary/aromatic N) is 4. The Morgan fingerprint density at radius 3 is 3.04 bits per heavy atom. The Balaban J connectivity index is 1.46. The van der Waals surface area contributed by atoms with Crippen LogP contribution < -0.4 is 5.32 Å². The highest BCUT2D eigenvalue weighted by molar-refractivity contribution is 6.03. The molecule has 1 aromatic carbocycles. The number of benzene rings is 1. The Kier molecular flexibility index (Phi) is 4.05. The maximum absolute atomic E-state index is 12.5. The van der Waals surface area contributed by atoms with Gasteiger partial charge in [-0.15, -0.1) is 5.10 Å². The molecule has 2 heterocycles. The molecule has 0 saturated carbocycles. The van der Waals surface area contributed by atoms with Crippen molar-refractivity contribution in [3.63, 3.8) is 0 Å². The van der Waals surface area contributed by atoms with E-state index in [1.807, 2.05) is 30.3 Å². The molecular formula is C18H20N6O. The van der Waals surface area contributed by atoms with Crippen molar-refractivity contribution < 1.29 is 4.79 Å². The zero-order valence-corrected chi connectivity index (χ0v) is 14.1. The fourth-order valence-electron chi connectivity index (χ4n) is 3.22. The van der Waals surface area contributed by atoms with Crippen molar-refractivity contribution >= 4 is 11.9 Å². The molecule has 2 aromatic heterocycles. The van der Waals surface area contributed by atoms with E-state index in [-0.39, 0.29) is 5.91 Å². The quantitative estimate of drug-likeness (QED) is 0.766. The summed E-state index contributed by atoms with van der Waals surface area (Å²) in [5.41, 5.74) is 3.69. The minimum Gasteiger partial charge on any atom is -0.288 e. The van der Waals surface area contributed by atoms with Crippen molar-refractivity contribution in [1.29, 1.82) is 0 Å². The first-order chi connectivity index (χ1) is 12.2. The maximum atomic E-state index is 12.5. The Morgan fingerprint density at radius 1 is 1.36 bits per heavy atom. The Labute approximate surface area is 145 Å². The number of hydrogen-bond donors (Lipinski definition) is 2. The molecule has 25 heavy (non-hydrogen) atoms. The van der Waals surface area contributed by atoms with E-state index < -0.39 is 0 Å². The molecule has 2 N–H and O–H groups in total. The normalized spacial score (nSPS) is 16.4. The number of hydrogen-bond acceptors (Lipinski definition) is 4. The van der Waals surface area contributed by atoms with Crippen molar-refractivity contribution in [2.24, 2.45) is 5.92 Å². The van der Waals surface area contributed by atoms with Crippen LogP contribution in [-0.4, -0.2) is 30.9 Å². The molecule has 0 aliphatic heterocycles. The summed E-state index contributed by atoms with van der Waals surface area (Å²) in [7, 11) is 0.